The highest BCUT2D eigenvalue weighted by atomic mass is 19.4. The van der Waals surface area contributed by atoms with Gasteiger partial charge >= 0.3 is 6.18 Å². The van der Waals surface area contributed by atoms with Crippen LogP contribution in [0.25, 0.3) is 0 Å². The van der Waals surface area contributed by atoms with Crippen LogP contribution in [0.5, 0.6) is 11.5 Å². The van der Waals surface area contributed by atoms with Crippen LogP contribution in [-0.2, 0) is 6.42 Å². The summed E-state index contributed by atoms with van der Waals surface area (Å²) in [6, 6.07) is 5.99. The lowest BCUT2D eigenvalue weighted by atomic mass is 10.0. The van der Waals surface area contributed by atoms with Gasteiger partial charge in [-0.3, -0.25) is 4.79 Å². The summed E-state index contributed by atoms with van der Waals surface area (Å²) in [6.07, 6.45) is -1.80. The van der Waals surface area contributed by atoms with E-state index in [0.29, 0.717) is 23.7 Å². The fraction of sp³-hybridized carbons (Fsp3) is 0.364. The minimum absolute atomic E-state index is 0.00796. The Morgan fingerprint density at radius 3 is 2.73 bits per heavy atom. The number of carbonyl (C=O) groups excluding carboxylic acids is 1. The second-order valence-corrected chi connectivity index (χ2v) is 7.55. The van der Waals surface area contributed by atoms with Crippen molar-refractivity contribution >= 4 is 11.7 Å². The number of nitrogens with zero attached hydrogens (tertiary/aromatic N) is 2. The maximum atomic E-state index is 13.7. The van der Waals surface area contributed by atoms with Gasteiger partial charge in [0, 0.05) is 13.0 Å². The summed E-state index contributed by atoms with van der Waals surface area (Å²) in [4.78, 5) is 12.8. The fourth-order valence-electron chi connectivity index (χ4n) is 3.86. The zero-order chi connectivity index (χ0) is 23.6. The van der Waals surface area contributed by atoms with Crippen LogP contribution >= 0.6 is 0 Å². The first-order valence-corrected chi connectivity index (χ1v) is 10.2. The topological polar surface area (TPSA) is 90.5 Å². The Kier molecular flexibility index (Phi) is 6.21. The minimum Gasteiger partial charge on any atom is -0.493 e. The highest BCUT2D eigenvalue weighted by molar-refractivity contribution is 5.98. The van der Waals surface area contributed by atoms with E-state index < -0.39 is 24.2 Å². The van der Waals surface area contributed by atoms with E-state index in [1.54, 1.807) is 24.3 Å². The number of fused-ring (bicyclic) bond motifs is 1. The van der Waals surface area contributed by atoms with Gasteiger partial charge in [-0.15, -0.1) is 0 Å². The van der Waals surface area contributed by atoms with Gasteiger partial charge in [0.25, 0.3) is 5.91 Å². The van der Waals surface area contributed by atoms with Gasteiger partial charge in [-0.2, -0.15) is 18.3 Å². The first kappa shape index (κ1) is 22.6. The normalized spacial score (nSPS) is 17.7. The van der Waals surface area contributed by atoms with Crippen LogP contribution in [-0.4, -0.2) is 42.6 Å². The van der Waals surface area contributed by atoms with Crippen molar-refractivity contribution in [2.45, 2.75) is 31.1 Å². The SMILES string of the molecule is COc1ccc(CCNC(=O)c2cnn3c2N[C@H](c2ccco2)C[C@H]3C(F)(F)F)cc1OC. The molecule has 1 amide bonds. The second kappa shape index (κ2) is 9.08. The summed E-state index contributed by atoms with van der Waals surface area (Å²) in [5.41, 5.74) is 0.936. The Bertz CT molecular complexity index is 1110. The number of rotatable bonds is 7. The summed E-state index contributed by atoms with van der Waals surface area (Å²) in [5.74, 6) is 1.00. The van der Waals surface area contributed by atoms with Gasteiger partial charge in [0.1, 0.15) is 17.1 Å². The molecule has 0 radical (unpaired) electrons. The Morgan fingerprint density at radius 1 is 1.27 bits per heavy atom. The molecule has 3 heterocycles. The minimum atomic E-state index is -4.53. The van der Waals surface area contributed by atoms with Crippen LogP contribution in [0.15, 0.2) is 47.2 Å². The van der Waals surface area contributed by atoms with Crippen molar-refractivity contribution in [1.29, 1.82) is 0 Å². The van der Waals surface area contributed by atoms with Crippen LogP contribution in [0.4, 0.5) is 19.0 Å². The smallest absolute Gasteiger partial charge is 0.410 e. The first-order chi connectivity index (χ1) is 15.8. The van der Waals surface area contributed by atoms with Gasteiger partial charge in [-0.25, -0.2) is 4.68 Å². The number of ether oxygens (including phenoxy) is 2. The number of methoxy groups -OCH3 is 2. The molecule has 0 saturated carbocycles. The zero-order valence-corrected chi connectivity index (χ0v) is 18.0. The first-order valence-electron chi connectivity index (χ1n) is 10.2. The average Bonchev–Trinajstić information content (AvgIpc) is 3.47. The number of hydrogen-bond donors (Lipinski definition) is 2. The maximum Gasteiger partial charge on any atom is 0.410 e. The molecule has 1 aliphatic heterocycles. The summed E-state index contributed by atoms with van der Waals surface area (Å²) < 4.78 is 57.7. The molecule has 2 atom stereocenters. The van der Waals surface area contributed by atoms with Crippen LogP contribution < -0.4 is 20.1 Å². The van der Waals surface area contributed by atoms with E-state index in [4.69, 9.17) is 13.9 Å². The lowest BCUT2D eigenvalue weighted by molar-refractivity contribution is -0.174. The molecule has 8 nitrogen and oxygen atoms in total. The summed E-state index contributed by atoms with van der Waals surface area (Å²) in [6.45, 7) is 0.267. The molecule has 0 spiro atoms. The predicted octanol–water partition coefficient (Wildman–Crippen LogP) is 4.13. The maximum absolute atomic E-state index is 13.7. The standard InChI is InChI=1S/C22H23F3N4O4/c1-31-17-6-5-13(10-18(17)32-2)7-8-26-21(30)14-12-27-29-19(22(23,24)25)11-15(28-20(14)29)16-4-3-9-33-16/h3-6,9-10,12,15,19,28H,7-8,11H2,1-2H3,(H,26,30)/t15-,19-/m0/s1. The largest absolute Gasteiger partial charge is 0.493 e. The molecule has 0 unspecified atom stereocenters. The van der Waals surface area contributed by atoms with Crippen molar-refractivity contribution in [3.8, 4) is 11.5 Å². The van der Waals surface area contributed by atoms with E-state index in [-0.39, 0.29) is 24.3 Å². The average molecular weight is 464 g/mol. The quantitative estimate of drug-likeness (QED) is 0.547. The molecule has 2 aromatic heterocycles. The molecule has 176 valence electrons. The molecule has 4 rings (SSSR count). The van der Waals surface area contributed by atoms with Gasteiger partial charge in [0.2, 0.25) is 0 Å². The van der Waals surface area contributed by atoms with Crippen LogP contribution in [0.2, 0.25) is 0 Å². The number of halogens is 3. The van der Waals surface area contributed by atoms with Gasteiger partial charge in [0.15, 0.2) is 17.5 Å². The van der Waals surface area contributed by atoms with Crippen LogP contribution in [0.3, 0.4) is 0 Å². The highest BCUT2D eigenvalue weighted by Crippen LogP contribution is 2.44. The number of amides is 1. The fourth-order valence-corrected chi connectivity index (χ4v) is 3.86. The third-order valence-corrected chi connectivity index (χ3v) is 5.52. The molecular weight excluding hydrogens is 441 g/mol. The zero-order valence-electron chi connectivity index (χ0n) is 18.0. The Morgan fingerprint density at radius 2 is 2.06 bits per heavy atom. The molecule has 1 aliphatic rings. The Labute approximate surface area is 187 Å². The van der Waals surface area contributed by atoms with E-state index in [1.807, 2.05) is 6.07 Å². The third kappa shape index (κ3) is 4.62. The van der Waals surface area contributed by atoms with E-state index >= 15 is 0 Å². The monoisotopic (exact) mass is 464 g/mol. The number of anilines is 1. The third-order valence-electron chi connectivity index (χ3n) is 5.52. The van der Waals surface area contributed by atoms with Crippen molar-refractivity contribution in [3.63, 3.8) is 0 Å². The van der Waals surface area contributed by atoms with E-state index in [1.165, 1.54) is 20.5 Å². The number of carbonyl (C=O) groups is 1. The molecule has 3 aromatic rings. The molecule has 11 heteroatoms. The lowest BCUT2D eigenvalue weighted by Crippen LogP contribution is -2.36. The molecule has 0 bridgehead atoms. The highest BCUT2D eigenvalue weighted by Gasteiger charge is 2.47. The van der Waals surface area contributed by atoms with Crippen LogP contribution in [0.1, 0.15) is 40.2 Å². The predicted molar refractivity (Wildman–Crippen MR) is 113 cm³/mol. The number of hydrogen-bond acceptors (Lipinski definition) is 6. The van der Waals surface area contributed by atoms with Gasteiger partial charge in [-0.1, -0.05) is 6.07 Å². The molecule has 0 aliphatic carbocycles. The summed E-state index contributed by atoms with van der Waals surface area (Å²) >= 11 is 0. The molecular formula is C22H23F3N4O4. The van der Waals surface area contributed by atoms with Gasteiger partial charge in [0.05, 0.1) is 32.7 Å². The second-order valence-electron chi connectivity index (χ2n) is 7.55. The Hall–Kier alpha value is -3.63. The Balaban J connectivity index is 1.49. The van der Waals surface area contributed by atoms with Crippen molar-refractivity contribution < 1.29 is 31.9 Å². The van der Waals surface area contributed by atoms with Crippen molar-refractivity contribution in [2.24, 2.45) is 0 Å². The lowest BCUT2D eigenvalue weighted by Gasteiger charge is -2.32. The van der Waals surface area contributed by atoms with E-state index in [9.17, 15) is 18.0 Å². The molecule has 2 N–H and O–H groups in total. The number of aromatic nitrogens is 2. The number of benzene rings is 1. The summed E-state index contributed by atoms with van der Waals surface area (Å²) in [5, 5.41) is 9.59. The van der Waals surface area contributed by atoms with Crippen molar-refractivity contribution in [2.75, 3.05) is 26.1 Å². The van der Waals surface area contributed by atoms with Gasteiger partial charge < -0.3 is 24.5 Å². The van der Waals surface area contributed by atoms with E-state index in [0.717, 1.165) is 16.4 Å². The number of nitrogens with one attached hydrogen (secondary N) is 2. The van der Waals surface area contributed by atoms with Crippen molar-refractivity contribution in [3.05, 3.63) is 59.7 Å². The molecule has 0 saturated heterocycles. The number of alkyl halides is 3. The molecule has 0 fully saturated rings. The van der Waals surface area contributed by atoms with E-state index in [2.05, 4.69) is 15.7 Å². The van der Waals surface area contributed by atoms with Gasteiger partial charge in [-0.05, 0) is 36.2 Å². The molecule has 33 heavy (non-hydrogen) atoms. The number of furan rings is 1. The molecule has 1 aromatic carbocycles. The van der Waals surface area contributed by atoms with Crippen molar-refractivity contribution in [1.82, 2.24) is 15.1 Å². The summed E-state index contributed by atoms with van der Waals surface area (Å²) in [7, 11) is 3.07. The van der Waals surface area contributed by atoms with Crippen LogP contribution in [0, 0.1) is 0 Å².